The van der Waals surface area contributed by atoms with E-state index in [2.05, 4.69) is 15.3 Å². The molecule has 13 heavy (non-hydrogen) atoms. The fourth-order valence-corrected chi connectivity index (χ4v) is 0.748. The van der Waals surface area contributed by atoms with Crippen LogP contribution in [-0.2, 0) is 4.79 Å². The largest absolute Gasteiger partial charge is 0.481 e. The maximum Gasteiger partial charge on any atom is 0.305 e. The van der Waals surface area contributed by atoms with Crippen molar-refractivity contribution in [1.82, 2.24) is 9.97 Å². The van der Waals surface area contributed by atoms with Crippen molar-refractivity contribution in [3.05, 3.63) is 22.6 Å². The van der Waals surface area contributed by atoms with Crippen molar-refractivity contribution in [3.63, 3.8) is 0 Å². The van der Waals surface area contributed by atoms with Crippen molar-refractivity contribution >= 4 is 11.9 Å². The number of nitrogens with zero attached hydrogens (tertiary/aromatic N) is 1. The number of rotatable bonds is 4. The minimum atomic E-state index is -0.897. The van der Waals surface area contributed by atoms with E-state index in [1.807, 2.05) is 0 Å². The molecule has 6 heteroatoms. The second-order valence-corrected chi connectivity index (χ2v) is 2.35. The number of hydrogen-bond acceptors (Lipinski definition) is 4. The van der Waals surface area contributed by atoms with Crippen LogP contribution in [0.1, 0.15) is 6.42 Å². The van der Waals surface area contributed by atoms with Crippen molar-refractivity contribution in [2.75, 3.05) is 11.9 Å². The second-order valence-electron chi connectivity index (χ2n) is 2.35. The molecule has 0 bridgehead atoms. The highest BCUT2D eigenvalue weighted by Crippen LogP contribution is 1.90. The predicted octanol–water partition coefficient (Wildman–Crippen LogP) is -0.344. The summed E-state index contributed by atoms with van der Waals surface area (Å²) in [4.78, 5) is 27.0. The lowest BCUT2D eigenvalue weighted by atomic mass is 10.4. The molecule has 1 rings (SSSR count). The molecule has 1 aromatic heterocycles. The van der Waals surface area contributed by atoms with E-state index in [1.165, 1.54) is 12.3 Å². The Kier molecular flexibility index (Phi) is 3.02. The van der Waals surface area contributed by atoms with Gasteiger partial charge in [-0.1, -0.05) is 0 Å². The second kappa shape index (κ2) is 4.24. The van der Waals surface area contributed by atoms with Crippen LogP contribution in [0.2, 0.25) is 0 Å². The molecule has 1 heterocycles. The van der Waals surface area contributed by atoms with E-state index in [0.717, 1.165) is 0 Å². The summed E-state index contributed by atoms with van der Waals surface area (Å²) in [5.74, 6) is -0.612. The van der Waals surface area contributed by atoms with E-state index in [4.69, 9.17) is 5.11 Å². The Balaban J connectivity index is 2.45. The molecule has 0 atom stereocenters. The highest BCUT2D eigenvalue weighted by Gasteiger charge is 1.97. The molecule has 0 saturated heterocycles. The zero-order chi connectivity index (χ0) is 9.68. The van der Waals surface area contributed by atoms with Crippen LogP contribution in [0.25, 0.3) is 0 Å². The van der Waals surface area contributed by atoms with Gasteiger partial charge in [0, 0.05) is 18.8 Å². The lowest BCUT2D eigenvalue weighted by molar-refractivity contribution is -0.136. The first-order chi connectivity index (χ1) is 6.18. The number of H-pyrrole nitrogens is 1. The monoisotopic (exact) mass is 183 g/mol. The summed E-state index contributed by atoms with van der Waals surface area (Å²) in [6.45, 7) is 0.238. The molecule has 0 aliphatic heterocycles. The maximum atomic E-state index is 10.7. The molecule has 0 aromatic carbocycles. The van der Waals surface area contributed by atoms with E-state index in [0.29, 0.717) is 0 Å². The van der Waals surface area contributed by atoms with Gasteiger partial charge in [0.05, 0.1) is 6.42 Å². The van der Waals surface area contributed by atoms with Gasteiger partial charge in [-0.2, -0.15) is 0 Å². The molecule has 0 saturated carbocycles. The number of nitrogens with one attached hydrogen (secondary N) is 2. The van der Waals surface area contributed by atoms with Crippen molar-refractivity contribution in [2.45, 2.75) is 6.42 Å². The summed E-state index contributed by atoms with van der Waals surface area (Å²) >= 11 is 0. The van der Waals surface area contributed by atoms with Crippen LogP contribution in [0.4, 0.5) is 5.95 Å². The van der Waals surface area contributed by atoms with Gasteiger partial charge >= 0.3 is 5.97 Å². The lowest BCUT2D eigenvalue weighted by Gasteiger charge is -2.00. The summed E-state index contributed by atoms with van der Waals surface area (Å²) in [7, 11) is 0. The molecular weight excluding hydrogens is 174 g/mol. The molecule has 0 unspecified atom stereocenters. The Morgan fingerprint density at radius 2 is 2.46 bits per heavy atom. The third-order valence-corrected chi connectivity index (χ3v) is 1.30. The topological polar surface area (TPSA) is 95.1 Å². The van der Waals surface area contributed by atoms with Crippen molar-refractivity contribution < 1.29 is 9.90 Å². The van der Waals surface area contributed by atoms with Gasteiger partial charge < -0.3 is 10.4 Å². The third kappa shape index (κ3) is 3.37. The van der Waals surface area contributed by atoms with Crippen molar-refractivity contribution in [3.8, 4) is 0 Å². The Hall–Kier alpha value is -1.85. The normalized spacial score (nSPS) is 9.54. The zero-order valence-corrected chi connectivity index (χ0v) is 6.78. The fraction of sp³-hybridized carbons (Fsp3) is 0.286. The van der Waals surface area contributed by atoms with Gasteiger partial charge in [0.1, 0.15) is 0 Å². The first kappa shape index (κ1) is 9.24. The summed E-state index contributed by atoms with van der Waals surface area (Å²) < 4.78 is 0. The minimum Gasteiger partial charge on any atom is -0.481 e. The summed E-state index contributed by atoms with van der Waals surface area (Å²) in [6.07, 6.45) is 1.33. The molecule has 1 aromatic rings. The number of aromatic amines is 1. The average Bonchev–Trinajstić information content (AvgIpc) is 2.03. The molecule has 70 valence electrons. The van der Waals surface area contributed by atoms with Gasteiger partial charge in [-0.3, -0.25) is 14.6 Å². The number of carboxylic acid groups (broad SMARTS) is 1. The number of anilines is 1. The van der Waals surface area contributed by atoms with E-state index in [1.54, 1.807) is 0 Å². The van der Waals surface area contributed by atoms with Crippen molar-refractivity contribution in [1.29, 1.82) is 0 Å². The molecule has 0 amide bonds. The molecule has 0 fully saturated rings. The van der Waals surface area contributed by atoms with Crippen LogP contribution in [0, 0.1) is 0 Å². The maximum absolute atomic E-state index is 10.7. The molecular formula is C7H9N3O3. The highest BCUT2D eigenvalue weighted by molar-refractivity contribution is 5.67. The molecule has 6 nitrogen and oxygen atoms in total. The average molecular weight is 183 g/mol. The van der Waals surface area contributed by atoms with Crippen LogP contribution < -0.4 is 10.9 Å². The standard InChI is InChI=1S/C7H9N3O3/c11-5-1-3-8-7(10-5)9-4-2-6(12)13/h1,3H,2,4H2,(H,12,13)(H2,8,9,10,11). The van der Waals surface area contributed by atoms with Gasteiger partial charge in [-0.15, -0.1) is 0 Å². The van der Waals surface area contributed by atoms with Gasteiger partial charge in [-0.05, 0) is 0 Å². The Morgan fingerprint density at radius 1 is 1.69 bits per heavy atom. The van der Waals surface area contributed by atoms with Crippen LogP contribution >= 0.6 is 0 Å². The van der Waals surface area contributed by atoms with Crippen molar-refractivity contribution in [2.24, 2.45) is 0 Å². The smallest absolute Gasteiger partial charge is 0.305 e. The Labute approximate surface area is 73.6 Å². The van der Waals surface area contributed by atoms with Gasteiger partial charge in [0.15, 0.2) is 0 Å². The quantitative estimate of drug-likeness (QED) is 0.593. The minimum absolute atomic E-state index is 0.0153. The number of carboxylic acids is 1. The SMILES string of the molecule is O=C(O)CCNc1nccc(=O)[nH]1. The van der Waals surface area contributed by atoms with E-state index < -0.39 is 5.97 Å². The highest BCUT2D eigenvalue weighted by atomic mass is 16.4. The number of aliphatic carboxylic acids is 1. The number of aromatic nitrogens is 2. The number of carbonyl (C=O) groups is 1. The lowest BCUT2D eigenvalue weighted by Crippen LogP contribution is -2.13. The van der Waals surface area contributed by atoms with Crippen LogP contribution in [-0.4, -0.2) is 27.6 Å². The molecule has 0 aliphatic rings. The van der Waals surface area contributed by atoms with E-state index in [-0.39, 0.29) is 24.5 Å². The third-order valence-electron chi connectivity index (χ3n) is 1.30. The van der Waals surface area contributed by atoms with Crippen LogP contribution in [0.3, 0.4) is 0 Å². The summed E-state index contributed by atoms with van der Waals surface area (Å²) in [5.41, 5.74) is -0.271. The van der Waals surface area contributed by atoms with Crippen LogP contribution in [0.5, 0.6) is 0 Å². The van der Waals surface area contributed by atoms with E-state index >= 15 is 0 Å². The first-order valence-corrected chi connectivity index (χ1v) is 3.69. The van der Waals surface area contributed by atoms with Gasteiger partial charge in [0.2, 0.25) is 5.95 Å². The first-order valence-electron chi connectivity index (χ1n) is 3.69. The summed E-state index contributed by atoms with van der Waals surface area (Å²) in [5, 5.41) is 11.0. The summed E-state index contributed by atoms with van der Waals surface area (Å²) in [6, 6.07) is 1.28. The molecule has 0 spiro atoms. The molecule has 3 N–H and O–H groups in total. The van der Waals surface area contributed by atoms with Crippen LogP contribution in [0.15, 0.2) is 17.1 Å². The van der Waals surface area contributed by atoms with Gasteiger partial charge in [-0.25, -0.2) is 4.98 Å². The number of hydrogen-bond donors (Lipinski definition) is 3. The zero-order valence-electron chi connectivity index (χ0n) is 6.78. The Morgan fingerprint density at radius 3 is 3.08 bits per heavy atom. The van der Waals surface area contributed by atoms with E-state index in [9.17, 15) is 9.59 Å². The molecule has 0 radical (unpaired) electrons. The predicted molar refractivity (Wildman–Crippen MR) is 45.6 cm³/mol. The van der Waals surface area contributed by atoms with Gasteiger partial charge in [0.25, 0.3) is 5.56 Å². The molecule has 0 aliphatic carbocycles. The Bertz CT molecular complexity index is 347. The fourth-order valence-electron chi connectivity index (χ4n) is 0.748.